The van der Waals surface area contributed by atoms with Crippen molar-refractivity contribution < 1.29 is 19.1 Å². The van der Waals surface area contributed by atoms with Crippen LogP contribution in [0.25, 0.3) is 11.0 Å². The molecule has 1 fully saturated rings. The molecule has 1 aromatic heterocycles. The van der Waals surface area contributed by atoms with Gasteiger partial charge in [-0.1, -0.05) is 54.5 Å². The molecule has 1 unspecified atom stereocenters. The molecule has 9 heteroatoms. The first-order chi connectivity index (χ1) is 19.1. The maximum atomic E-state index is 14.3. The van der Waals surface area contributed by atoms with Gasteiger partial charge in [-0.2, -0.15) is 0 Å². The van der Waals surface area contributed by atoms with Crippen molar-refractivity contribution in [3.8, 4) is 11.5 Å². The van der Waals surface area contributed by atoms with Gasteiger partial charge in [-0.05, 0) is 55.2 Å². The standard InChI is InChI=1S/C30H31N5O4/c1-20-8-2-5-11-23(20)29(30(37)31-21-9-3-4-10-21)35(22-14-15-26-27(18-22)39-17-16-38-26)28(36)19-34-25-13-7-6-12-24(25)32-33-34/h2,5-8,11-15,18,21,29H,3-4,9-10,16-17,19H2,1H3,(H,31,37). The van der Waals surface area contributed by atoms with Gasteiger partial charge in [0.25, 0.3) is 0 Å². The Balaban J connectivity index is 1.45. The number of nitrogens with zero attached hydrogens (tertiary/aromatic N) is 4. The van der Waals surface area contributed by atoms with Crippen LogP contribution < -0.4 is 19.7 Å². The van der Waals surface area contributed by atoms with E-state index in [9.17, 15) is 9.59 Å². The lowest BCUT2D eigenvalue weighted by Crippen LogP contribution is -2.47. The lowest BCUT2D eigenvalue weighted by molar-refractivity contribution is -0.127. The molecule has 1 aliphatic heterocycles. The molecule has 3 aromatic carbocycles. The molecule has 4 aromatic rings. The van der Waals surface area contributed by atoms with Crippen LogP contribution in [0.5, 0.6) is 11.5 Å². The summed E-state index contributed by atoms with van der Waals surface area (Å²) in [5.74, 6) is 0.657. The maximum Gasteiger partial charge on any atom is 0.249 e. The van der Waals surface area contributed by atoms with Crippen molar-refractivity contribution in [2.24, 2.45) is 0 Å². The van der Waals surface area contributed by atoms with Crippen LogP contribution in [0.15, 0.2) is 66.7 Å². The summed E-state index contributed by atoms with van der Waals surface area (Å²) in [6.07, 6.45) is 4.05. The van der Waals surface area contributed by atoms with E-state index in [-0.39, 0.29) is 24.4 Å². The van der Waals surface area contributed by atoms with Gasteiger partial charge in [0.15, 0.2) is 11.5 Å². The minimum Gasteiger partial charge on any atom is -0.486 e. The molecule has 0 saturated heterocycles. The fraction of sp³-hybridized carbons (Fsp3) is 0.333. The Morgan fingerprint density at radius 1 is 1.00 bits per heavy atom. The van der Waals surface area contributed by atoms with Crippen molar-refractivity contribution in [1.29, 1.82) is 0 Å². The van der Waals surface area contributed by atoms with Gasteiger partial charge in [0, 0.05) is 17.8 Å². The highest BCUT2D eigenvalue weighted by Gasteiger charge is 2.36. The first-order valence-corrected chi connectivity index (χ1v) is 13.4. The zero-order valence-corrected chi connectivity index (χ0v) is 21.9. The number of carbonyl (C=O) groups excluding carboxylic acids is 2. The maximum absolute atomic E-state index is 14.3. The zero-order valence-electron chi connectivity index (χ0n) is 21.9. The quantitative estimate of drug-likeness (QED) is 0.385. The number of hydrogen-bond acceptors (Lipinski definition) is 6. The summed E-state index contributed by atoms with van der Waals surface area (Å²) in [5.41, 5.74) is 3.68. The number of rotatable bonds is 7. The van der Waals surface area contributed by atoms with E-state index in [0.717, 1.165) is 42.3 Å². The number of para-hydroxylation sites is 1. The molecule has 1 aliphatic carbocycles. The van der Waals surface area contributed by atoms with Gasteiger partial charge in [-0.25, -0.2) is 4.68 Å². The fourth-order valence-electron chi connectivity index (χ4n) is 5.50. The summed E-state index contributed by atoms with van der Waals surface area (Å²) in [6.45, 7) is 2.75. The Morgan fingerprint density at radius 3 is 2.56 bits per heavy atom. The van der Waals surface area contributed by atoms with E-state index < -0.39 is 6.04 Å². The SMILES string of the molecule is Cc1ccccc1C(C(=O)NC1CCCC1)N(C(=O)Cn1nnc2ccccc21)c1ccc2c(c1)OCCO2. The predicted octanol–water partition coefficient (Wildman–Crippen LogP) is 4.34. The van der Waals surface area contributed by atoms with E-state index >= 15 is 0 Å². The Hall–Kier alpha value is -4.40. The molecule has 6 rings (SSSR count). The third-order valence-electron chi connectivity index (χ3n) is 7.47. The number of aryl methyl sites for hydroxylation is 1. The van der Waals surface area contributed by atoms with Gasteiger partial charge in [0.05, 0.1) is 5.52 Å². The molecule has 39 heavy (non-hydrogen) atoms. The number of benzene rings is 3. The van der Waals surface area contributed by atoms with Gasteiger partial charge < -0.3 is 14.8 Å². The monoisotopic (exact) mass is 525 g/mol. The van der Waals surface area contributed by atoms with Crippen molar-refractivity contribution in [3.63, 3.8) is 0 Å². The Morgan fingerprint density at radius 2 is 1.74 bits per heavy atom. The first-order valence-electron chi connectivity index (χ1n) is 13.4. The van der Waals surface area contributed by atoms with Crippen LogP contribution in [0.4, 0.5) is 5.69 Å². The fourth-order valence-corrected chi connectivity index (χ4v) is 5.50. The highest BCUT2D eigenvalue weighted by molar-refractivity contribution is 6.02. The van der Waals surface area contributed by atoms with E-state index in [0.29, 0.717) is 35.9 Å². The molecule has 1 N–H and O–H groups in total. The largest absolute Gasteiger partial charge is 0.486 e. The van der Waals surface area contributed by atoms with Crippen LogP contribution >= 0.6 is 0 Å². The van der Waals surface area contributed by atoms with E-state index in [4.69, 9.17) is 9.47 Å². The predicted molar refractivity (Wildman–Crippen MR) is 147 cm³/mol. The van der Waals surface area contributed by atoms with Crippen LogP contribution in [0.2, 0.25) is 0 Å². The third kappa shape index (κ3) is 5.04. The first kappa shape index (κ1) is 24.9. The summed E-state index contributed by atoms with van der Waals surface area (Å²) in [5, 5.41) is 11.7. The second kappa shape index (κ2) is 10.8. The van der Waals surface area contributed by atoms with Crippen molar-refractivity contribution in [2.75, 3.05) is 18.1 Å². The lowest BCUT2D eigenvalue weighted by Gasteiger charge is -2.33. The average Bonchev–Trinajstić information content (AvgIpc) is 3.62. The van der Waals surface area contributed by atoms with Gasteiger partial charge in [0.2, 0.25) is 11.8 Å². The number of anilines is 1. The molecule has 200 valence electrons. The minimum absolute atomic E-state index is 0.0892. The molecule has 2 aliphatic rings. The van der Waals surface area contributed by atoms with Gasteiger partial charge >= 0.3 is 0 Å². The third-order valence-corrected chi connectivity index (χ3v) is 7.47. The van der Waals surface area contributed by atoms with Gasteiger partial charge in [-0.15, -0.1) is 5.10 Å². The van der Waals surface area contributed by atoms with Crippen molar-refractivity contribution in [3.05, 3.63) is 77.9 Å². The van der Waals surface area contributed by atoms with E-state index in [1.54, 1.807) is 27.8 Å². The van der Waals surface area contributed by atoms with Crippen LogP contribution in [0.3, 0.4) is 0 Å². The Labute approximate surface area is 226 Å². The van der Waals surface area contributed by atoms with Gasteiger partial charge in [0.1, 0.15) is 31.3 Å². The molecule has 2 heterocycles. The summed E-state index contributed by atoms with van der Waals surface area (Å²) < 4.78 is 13.1. The van der Waals surface area contributed by atoms with E-state index in [2.05, 4.69) is 15.6 Å². The number of carbonyl (C=O) groups is 2. The second-order valence-electron chi connectivity index (χ2n) is 10.1. The van der Waals surface area contributed by atoms with Crippen molar-refractivity contribution >= 4 is 28.5 Å². The molecule has 2 amide bonds. The molecular weight excluding hydrogens is 494 g/mol. The van der Waals surface area contributed by atoms with E-state index in [1.807, 2.05) is 55.5 Å². The smallest absolute Gasteiger partial charge is 0.249 e. The minimum atomic E-state index is -0.892. The molecule has 9 nitrogen and oxygen atoms in total. The zero-order chi connectivity index (χ0) is 26.8. The highest BCUT2D eigenvalue weighted by Crippen LogP contribution is 2.38. The normalized spacial score (nSPS) is 15.7. The topological polar surface area (TPSA) is 98.6 Å². The molecular formula is C30H31N5O4. The molecule has 1 saturated carbocycles. The summed E-state index contributed by atoms with van der Waals surface area (Å²) in [7, 11) is 0. The van der Waals surface area contributed by atoms with Crippen LogP contribution in [0, 0.1) is 6.92 Å². The Kier molecular flexibility index (Phi) is 6.87. The van der Waals surface area contributed by atoms with Crippen molar-refractivity contribution in [1.82, 2.24) is 20.3 Å². The molecule has 0 spiro atoms. The molecule has 0 bridgehead atoms. The number of aromatic nitrogens is 3. The number of fused-ring (bicyclic) bond motifs is 2. The average molecular weight is 526 g/mol. The molecule has 0 radical (unpaired) electrons. The number of hydrogen-bond donors (Lipinski definition) is 1. The number of nitrogens with one attached hydrogen (secondary N) is 1. The van der Waals surface area contributed by atoms with Crippen LogP contribution in [-0.2, 0) is 16.1 Å². The van der Waals surface area contributed by atoms with Crippen LogP contribution in [-0.4, -0.2) is 46.1 Å². The lowest BCUT2D eigenvalue weighted by atomic mass is 9.97. The summed E-state index contributed by atoms with van der Waals surface area (Å²) in [6, 6.07) is 19.8. The Bertz CT molecular complexity index is 1510. The number of ether oxygens (including phenoxy) is 2. The van der Waals surface area contributed by atoms with Crippen molar-refractivity contribution in [2.45, 2.75) is 51.2 Å². The van der Waals surface area contributed by atoms with Gasteiger partial charge in [-0.3, -0.25) is 14.5 Å². The number of amides is 2. The highest BCUT2D eigenvalue weighted by atomic mass is 16.6. The molecule has 1 atom stereocenters. The summed E-state index contributed by atoms with van der Waals surface area (Å²) in [4.78, 5) is 29.9. The van der Waals surface area contributed by atoms with E-state index in [1.165, 1.54) is 0 Å². The summed E-state index contributed by atoms with van der Waals surface area (Å²) >= 11 is 0. The second-order valence-corrected chi connectivity index (χ2v) is 10.1. The van der Waals surface area contributed by atoms with Crippen LogP contribution in [0.1, 0.15) is 42.9 Å².